The molecule has 1 heterocycles. The Balaban J connectivity index is 1.82. The van der Waals surface area contributed by atoms with Crippen LogP contribution in [0.5, 0.6) is 23.0 Å². The fourth-order valence-electron chi connectivity index (χ4n) is 2.69. The van der Waals surface area contributed by atoms with Gasteiger partial charge in [-0.2, -0.15) is 5.10 Å². The molecule has 1 aromatic heterocycles. The molecule has 2 aromatic carbocycles. The molecule has 0 saturated heterocycles. The maximum Gasteiger partial charge on any atom is 0.343 e. The largest absolute Gasteiger partial charge is 0.497 e. The Bertz CT molecular complexity index is 1050. The molecule has 0 aliphatic heterocycles. The zero-order valence-corrected chi connectivity index (χ0v) is 17.4. The third kappa shape index (κ3) is 4.57. The number of methoxy groups -OCH3 is 3. The van der Waals surface area contributed by atoms with Crippen LogP contribution in [0.4, 0.5) is 0 Å². The van der Waals surface area contributed by atoms with Crippen LogP contribution in [0.25, 0.3) is 0 Å². The van der Waals surface area contributed by atoms with E-state index in [1.807, 2.05) is 13.8 Å². The normalized spacial score (nSPS) is 10.8. The van der Waals surface area contributed by atoms with E-state index < -0.39 is 5.97 Å². The maximum absolute atomic E-state index is 12.6. The van der Waals surface area contributed by atoms with Crippen molar-refractivity contribution in [2.45, 2.75) is 13.8 Å². The molecule has 0 bridgehead atoms. The van der Waals surface area contributed by atoms with Gasteiger partial charge >= 0.3 is 5.97 Å². The van der Waals surface area contributed by atoms with Gasteiger partial charge in [0.2, 0.25) is 0 Å². The number of benzene rings is 2. The van der Waals surface area contributed by atoms with E-state index in [9.17, 15) is 4.79 Å². The van der Waals surface area contributed by atoms with Gasteiger partial charge in [-0.05, 0) is 49.7 Å². The van der Waals surface area contributed by atoms with Gasteiger partial charge in [0.1, 0.15) is 11.5 Å². The summed E-state index contributed by atoms with van der Waals surface area (Å²) in [5, 5.41) is 12.3. The lowest BCUT2D eigenvalue weighted by atomic mass is 10.2. The molecule has 9 nitrogen and oxygen atoms in total. The summed E-state index contributed by atoms with van der Waals surface area (Å²) >= 11 is 0. The summed E-state index contributed by atoms with van der Waals surface area (Å²) in [4.78, 5) is 12.6. The van der Waals surface area contributed by atoms with Crippen LogP contribution < -0.4 is 18.9 Å². The van der Waals surface area contributed by atoms with Crippen molar-refractivity contribution in [1.82, 2.24) is 14.9 Å². The van der Waals surface area contributed by atoms with Crippen LogP contribution >= 0.6 is 0 Å². The average molecular weight is 410 g/mol. The smallest absolute Gasteiger partial charge is 0.343 e. The van der Waals surface area contributed by atoms with Gasteiger partial charge in [-0.15, -0.1) is 10.2 Å². The molecular weight excluding hydrogens is 388 g/mol. The Labute approximate surface area is 173 Å². The van der Waals surface area contributed by atoms with Gasteiger partial charge < -0.3 is 18.9 Å². The highest BCUT2D eigenvalue weighted by atomic mass is 16.6. The first-order valence-corrected chi connectivity index (χ1v) is 9.01. The van der Waals surface area contributed by atoms with Crippen molar-refractivity contribution in [2.24, 2.45) is 5.10 Å². The van der Waals surface area contributed by atoms with E-state index in [1.54, 1.807) is 47.3 Å². The van der Waals surface area contributed by atoms with E-state index in [1.165, 1.54) is 21.3 Å². The summed E-state index contributed by atoms with van der Waals surface area (Å²) in [6.07, 6.45) is 1.64. The lowest BCUT2D eigenvalue weighted by Crippen LogP contribution is -2.10. The summed E-state index contributed by atoms with van der Waals surface area (Å²) in [5.74, 6) is 2.42. The van der Waals surface area contributed by atoms with Gasteiger partial charge in [-0.1, -0.05) is 0 Å². The third-order valence-corrected chi connectivity index (χ3v) is 4.25. The number of aromatic nitrogens is 3. The molecule has 156 valence electrons. The number of carbonyl (C=O) groups excluding carboxylic acids is 1. The van der Waals surface area contributed by atoms with Crippen LogP contribution in [0.3, 0.4) is 0 Å². The van der Waals surface area contributed by atoms with Crippen molar-refractivity contribution in [3.8, 4) is 23.0 Å². The van der Waals surface area contributed by atoms with Gasteiger partial charge in [0, 0.05) is 6.07 Å². The lowest BCUT2D eigenvalue weighted by molar-refractivity contribution is 0.0729. The van der Waals surface area contributed by atoms with Crippen LogP contribution in [-0.2, 0) is 0 Å². The highest BCUT2D eigenvalue weighted by molar-refractivity contribution is 5.92. The van der Waals surface area contributed by atoms with E-state index in [-0.39, 0.29) is 11.3 Å². The van der Waals surface area contributed by atoms with Crippen molar-refractivity contribution >= 4 is 12.2 Å². The SMILES string of the molecule is COc1cc(OC)cc(C(=O)Oc2ccc(C=Nn3c(C)nnc3C)cc2OC)c1. The van der Waals surface area contributed by atoms with Crippen LogP contribution in [0.2, 0.25) is 0 Å². The number of rotatable bonds is 7. The number of hydrogen-bond donors (Lipinski definition) is 0. The summed E-state index contributed by atoms with van der Waals surface area (Å²) in [7, 11) is 4.52. The Morgan fingerprint density at radius 3 is 2.10 bits per heavy atom. The van der Waals surface area contributed by atoms with Crippen LogP contribution in [-0.4, -0.2) is 48.4 Å². The second-order valence-corrected chi connectivity index (χ2v) is 6.25. The molecule has 0 atom stereocenters. The van der Waals surface area contributed by atoms with E-state index in [0.717, 1.165) is 5.56 Å². The molecule has 9 heteroatoms. The van der Waals surface area contributed by atoms with Crippen LogP contribution in [0, 0.1) is 13.8 Å². The highest BCUT2D eigenvalue weighted by Gasteiger charge is 2.15. The highest BCUT2D eigenvalue weighted by Crippen LogP contribution is 2.30. The van der Waals surface area contributed by atoms with Crippen molar-refractivity contribution in [2.75, 3.05) is 21.3 Å². The molecular formula is C21H22N4O5. The fraction of sp³-hybridized carbons (Fsp3) is 0.238. The minimum absolute atomic E-state index is 0.276. The minimum atomic E-state index is -0.567. The first-order chi connectivity index (χ1) is 14.4. The molecule has 0 fully saturated rings. The molecule has 0 N–H and O–H groups in total. The molecule has 0 radical (unpaired) electrons. The molecule has 30 heavy (non-hydrogen) atoms. The predicted molar refractivity (Wildman–Crippen MR) is 110 cm³/mol. The molecule has 0 spiro atoms. The standard InChI is InChI=1S/C21H22N4O5/c1-13-23-24-14(2)25(13)22-12-15-6-7-19(20(8-15)29-5)30-21(26)16-9-17(27-3)11-18(10-16)28-4/h6-12H,1-5H3. The van der Waals surface area contributed by atoms with Crippen molar-refractivity contribution in [3.63, 3.8) is 0 Å². The second-order valence-electron chi connectivity index (χ2n) is 6.25. The molecule has 3 aromatic rings. The minimum Gasteiger partial charge on any atom is -0.497 e. The Morgan fingerprint density at radius 1 is 0.900 bits per heavy atom. The summed E-state index contributed by atoms with van der Waals surface area (Å²) in [6.45, 7) is 3.63. The molecule has 3 rings (SSSR count). The first-order valence-electron chi connectivity index (χ1n) is 9.01. The number of hydrogen-bond acceptors (Lipinski definition) is 8. The maximum atomic E-state index is 12.6. The van der Waals surface area contributed by atoms with Crippen molar-refractivity contribution < 1.29 is 23.7 Å². The fourth-order valence-corrected chi connectivity index (χ4v) is 2.69. The Morgan fingerprint density at radius 2 is 1.53 bits per heavy atom. The zero-order valence-electron chi connectivity index (χ0n) is 17.4. The van der Waals surface area contributed by atoms with Crippen LogP contribution in [0.1, 0.15) is 27.6 Å². The van der Waals surface area contributed by atoms with Crippen molar-refractivity contribution in [1.29, 1.82) is 0 Å². The van der Waals surface area contributed by atoms with Gasteiger partial charge in [0.25, 0.3) is 0 Å². The van der Waals surface area contributed by atoms with Crippen molar-refractivity contribution in [3.05, 3.63) is 59.2 Å². The molecule has 0 aliphatic carbocycles. The zero-order chi connectivity index (χ0) is 21.7. The summed E-state index contributed by atoms with van der Waals surface area (Å²) in [6, 6.07) is 9.93. The monoisotopic (exact) mass is 410 g/mol. The van der Waals surface area contributed by atoms with Gasteiger partial charge in [-0.25, -0.2) is 9.47 Å². The predicted octanol–water partition coefficient (Wildman–Crippen LogP) is 3.02. The number of nitrogens with zero attached hydrogens (tertiary/aromatic N) is 4. The second kappa shape index (κ2) is 9.08. The average Bonchev–Trinajstić information content (AvgIpc) is 3.09. The Hall–Kier alpha value is -3.88. The topological polar surface area (TPSA) is 97.1 Å². The van der Waals surface area contributed by atoms with E-state index in [0.29, 0.717) is 28.9 Å². The van der Waals surface area contributed by atoms with Gasteiger partial charge in [0.05, 0.1) is 33.1 Å². The van der Waals surface area contributed by atoms with Crippen LogP contribution in [0.15, 0.2) is 41.5 Å². The van der Waals surface area contributed by atoms with E-state index >= 15 is 0 Å². The van der Waals surface area contributed by atoms with Gasteiger partial charge in [0.15, 0.2) is 23.1 Å². The Kier molecular flexibility index (Phi) is 6.31. The molecule has 0 saturated carbocycles. The summed E-state index contributed by atoms with van der Waals surface area (Å²) < 4.78 is 22.9. The molecule has 0 amide bonds. The number of carbonyl (C=O) groups is 1. The number of aryl methyl sites for hydroxylation is 2. The number of ether oxygens (including phenoxy) is 4. The number of esters is 1. The lowest BCUT2D eigenvalue weighted by Gasteiger charge is -2.11. The summed E-state index contributed by atoms with van der Waals surface area (Å²) in [5.41, 5.74) is 1.04. The quantitative estimate of drug-likeness (QED) is 0.335. The molecule has 0 unspecified atom stereocenters. The first kappa shape index (κ1) is 20.8. The molecule has 0 aliphatic rings. The van der Waals surface area contributed by atoms with Gasteiger partial charge in [-0.3, -0.25) is 0 Å². The van der Waals surface area contributed by atoms with E-state index in [4.69, 9.17) is 18.9 Å². The van der Waals surface area contributed by atoms with E-state index in [2.05, 4.69) is 15.3 Å². The third-order valence-electron chi connectivity index (χ3n) is 4.25.